The molecule has 0 aliphatic rings. The molecule has 17 heavy (non-hydrogen) atoms. The molecule has 2 aromatic carbocycles. The van der Waals surface area contributed by atoms with Gasteiger partial charge in [0.15, 0.2) is 0 Å². The van der Waals surface area contributed by atoms with Gasteiger partial charge in [-0.05, 0) is 42.8 Å². The van der Waals surface area contributed by atoms with Crippen LogP contribution in [0.15, 0.2) is 50.7 Å². The lowest BCUT2D eigenvalue weighted by Gasteiger charge is -2.07. The van der Waals surface area contributed by atoms with Gasteiger partial charge in [-0.25, -0.2) is 4.39 Å². The zero-order valence-corrected chi connectivity index (χ0v) is 11.6. The fraction of sp³-hybridized carbons (Fsp3) is 0.0769. The minimum atomic E-state index is -0.263. The Balaban J connectivity index is 2.33. The fourth-order valence-corrected chi connectivity index (χ4v) is 2.97. The van der Waals surface area contributed by atoms with Crippen LogP contribution < -0.4 is 5.73 Å². The van der Waals surface area contributed by atoms with Crippen molar-refractivity contribution in [1.82, 2.24) is 0 Å². The van der Waals surface area contributed by atoms with Gasteiger partial charge in [0, 0.05) is 20.0 Å². The summed E-state index contributed by atoms with van der Waals surface area (Å²) in [5.41, 5.74) is 6.88. The Morgan fingerprint density at radius 2 is 2.00 bits per heavy atom. The normalized spacial score (nSPS) is 10.5. The highest BCUT2D eigenvalue weighted by atomic mass is 79.9. The summed E-state index contributed by atoms with van der Waals surface area (Å²) >= 11 is 4.95. The number of hydrogen-bond donors (Lipinski definition) is 1. The molecule has 0 aliphatic carbocycles. The first-order valence-corrected chi connectivity index (χ1v) is 6.66. The van der Waals surface area contributed by atoms with Crippen molar-refractivity contribution >= 4 is 33.4 Å². The van der Waals surface area contributed by atoms with Gasteiger partial charge in [-0.1, -0.05) is 33.8 Å². The third-order valence-corrected chi connectivity index (χ3v) is 3.87. The highest BCUT2D eigenvalue weighted by molar-refractivity contribution is 9.10. The number of rotatable bonds is 2. The van der Waals surface area contributed by atoms with E-state index in [1.54, 1.807) is 13.0 Å². The molecular weight excluding hydrogens is 301 g/mol. The van der Waals surface area contributed by atoms with Gasteiger partial charge < -0.3 is 5.73 Å². The van der Waals surface area contributed by atoms with Gasteiger partial charge in [0.25, 0.3) is 0 Å². The number of nitrogen functional groups attached to an aromatic ring is 1. The van der Waals surface area contributed by atoms with Crippen molar-refractivity contribution < 1.29 is 4.39 Å². The van der Waals surface area contributed by atoms with E-state index in [4.69, 9.17) is 5.73 Å². The van der Waals surface area contributed by atoms with Crippen LogP contribution >= 0.6 is 27.7 Å². The van der Waals surface area contributed by atoms with Crippen molar-refractivity contribution in [3.8, 4) is 0 Å². The lowest BCUT2D eigenvalue weighted by Crippen LogP contribution is -1.92. The first kappa shape index (κ1) is 12.5. The van der Waals surface area contributed by atoms with Crippen molar-refractivity contribution in [3.63, 3.8) is 0 Å². The summed E-state index contributed by atoms with van der Waals surface area (Å²) < 4.78 is 14.3. The molecule has 0 heterocycles. The van der Waals surface area contributed by atoms with Crippen LogP contribution in [0.25, 0.3) is 0 Å². The van der Waals surface area contributed by atoms with E-state index < -0.39 is 0 Å². The van der Waals surface area contributed by atoms with Crippen molar-refractivity contribution in [3.05, 3.63) is 52.3 Å². The van der Waals surface area contributed by atoms with Gasteiger partial charge in [-0.15, -0.1) is 0 Å². The molecule has 0 aromatic heterocycles. The van der Waals surface area contributed by atoms with E-state index in [9.17, 15) is 4.39 Å². The van der Waals surface area contributed by atoms with Crippen LogP contribution in [0.3, 0.4) is 0 Å². The molecule has 2 N–H and O–H groups in total. The average molecular weight is 312 g/mol. The molecule has 2 rings (SSSR count). The molecule has 88 valence electrons. The van der Waals surface area contributed by atoms with E-state index in [2.05, 4.69) is 15.9 Å². The van der Waals surface area contributed by atoms with Crippen LogP contribution in [0.1, 0.15) is 5.56 Å². The van der Waals surface area contributed by atoms with E-state index in [1.165, 1.54) is 17.8 Å². The van der Waals surface area contributed by atoms with Gasteiger partial charge >= 0.3 is 0 Å². The second-order valence-electron chi connectivity index (χ2n) is 3.70. The number of benzene rings is 2. The molecular formula is C13H11BrFNS. The van der Waals surface area contributed by atoms with Crippen LogP contribution in [-0.4, -0.2) is 0 Å². The van der Waals surface area contributed by atoms with Crippen molar-refractivity contribution in [2.75, 3.05) is 5.73 Å². The van der Waals surface area contributed by atoms with E-state index in [-0.39, 0.29) is 5.82 Å². The maximum absolute atomic E-state index is 13.3. The summed E-state index contributed by atoms with van der Waals surface area (Å²) in [6.07, 6.45) is 0. The number of aryl methyl sites for hydroxylation is 1. The zero-order chi connectivity index (χ0) is 12.4. The standard InChI is InChI=1S/C13H11BrFNS/c1-8-5-13(12(16)7-11(8)15)17-10-4-2-3-9(14)6-10/h2-7H,16H2,1H3. The Morgan fingerprint density at radius 1 is 1.24 bits per heavy atom. The molecule has 0 fully saturated rings. The second kappa shape index (κ2) is 5.10. The third-order valence-electron chi connectivity index (χ3n) is 2.31. The number of halogens is 2. The Labute approximate surface area is 112 Å². The van der Waals surface area contributed by atoms with Crippen LogP contribution in [-0.2, 0) is 0 Å². The molecule has 0 spiro atoms. The Bertz CT molecular complexity index is 557. The summed E-state index contributed by atoms with van der Waals surface area (Å²) in [7, 11) is 0. The lowest BCUT2D eigenvalue weighted by atomic mass is 10.2. The molecule has 0 aliphatic heterocycles. The van der Waals surface area contributed by atoms with Crippen LogP contribution in [0.5, 0.6) is 0 Å². The van der Waals surface area contributed by atoms with Gasteiger partial charge in [0.1, 0.15) is 5.82 Å². The number of hydrogen-bond acceptors (Lipinski definition) is 2. The van der Waals surface area contributed by atoms with Gasteiger partial charge in [-0.2, -0.15) is 0 Å². The predicted octanol–water partition coefficient (Wildman–Crippen LogP) is 4.63. The molecule has 0 amide bonds. The number of nitrogens with two attached hydrogens (primary N) is 1. The third kappa shape index (κ3) is 3.01. The molecule has 0 unspecified atom stereocenters. The summed E-state index contributed by atoms with van der Waals surface area (Å²) in [5, 5.41) is 0. The molecule has 0 bridgehead atoms. The molecule has 0 saturated carbocycles. The predicted molar refractivity (Wildman–Crippen MR) is 73.8 cm³/mol. The SMILES string of the molecule is Cc1cc(Sc2cccc(Br)c2)c(N)cc1F. The van der Waals surface area contributed by atoms with Gasteiger partial charge in [0.05, 0.1) is 0 Å². The molecule has 0 saturated heterocycles. The maximum Gasteiger partial charge on any atom is 0.128 e. The highest BCUT2D eigenvalue weighted by Crippen LogP contribution is 2.34. The molecule has 0 atom stereocenters. The minimum Gasteiger partial charge on any atom is -0.398 e. The van der Waals surface area contributed by atoms with E-state index in [0.717, 1.165) is 14.3 Å². The number of anilines is 1. The van der Waals surface area contributed by atoms with Gasteiger partial charge in [-0.3, -0.25) is 0 Å². The van der Waals surface area contributed by atoms with Crippen LogP contribution in [0.2, 0.25) is 0 Å². The second-order valence-corrected chi connectivity index (χ2v) is 5.73. The van der Waals surface area contributed by atoms with Crippen molar-refractivity contribution in [1.29, 1.82) is 0 Å². The van der Waals surface area contributed by atoms with Crippen molar-refractivity contribution in [2.45, 2.75) is 16.7 Å². The Hall–Kier alpha value is -1.00. The average Bonchev–Trinajstić information content (AvgIpc) is 2.26. The maximum atomic E-state index is 13.3. The fourth-order valence-electron chi connectivity index (χ4n) is 1.42. The monoisotopic (exact) mass is 311 g/mol. The van der Waals surface area contributed by atoms with Crippen LogP contribution in [0.4, 0.5) is 10.1 Å². The summed E-state index contributed by atoms with van der Waals surface area (Å²) in [6, 6.07) is 11.1. The first-order chi connectivity index (χ1) is 8.06. The molecule has 1 nitrogen and oxygen atoms in total. The molecule has 2 aromatic rings. The minimum absolute atomic E-state index is 0.263. The first-order valence-electron chi connectivity index (χ1n) is 5.05. The summed E-state index contributed by atoms with van der Waals surface area (Å²) in [6.45, 7) is 1.74. The van der Waals surface area contributed by atoms with Gasteiger partial charge in [0.2, 0.25) is 0 Å². The molecule has 4 heteroatoms. The summed E-state index contributed by atoms with van der Waals surface area (Å²) in [4.78, 5) is 1.94. The topological polar surface area (TPSA) is 26.0 Å². The van der Waals surface area contributed by atoms with E-state index in [1.807, 2.05) is 24.3 Å². The zero-order valence-electron chi connectivity index (χ0n) is 9.21. The summed E-state index contributed by atoms with van der Waals surface area (Å²) in [5.74, 6) is -0.263. The quantitative estimate of drug-likeness (QED) is 0.818. The van der Waals surface area contributed by atoms with E-state index in [0.29, 0.717) is 11.3 Å². The smallest absolute Gasteiger partial charge is 0.128 e. The highest BCUT2D eigenvalue weighted by Gasteiger charge is 2.06. The Morgan fingerprint density at radius 3 is 2.71 bits per heavy atom. The molecule has 0 radical (unpaired) electrons. The Kier molecular flexibility index (Phi) is 3.74. The lowest BCUT2D eigenvalue weighted by molar-refractivity contribution is 0.618. The van der Waals surface area contributed by atoms with Crippen molar-refractivity contribution in [2.24, 2.45) is 0 Å². The van der Waals surface area contributed by atoms with Crippen LogP contribution in [0, 0.1) is 12.7 Å². The largest absolute Gasteiger partial charge is 0.398 e. The van der Waals surface area contributed by atoms with E-state index >= 15 is 0 Å².